The number of hydrogen-bond acceptors (Lipinski definition) is 5. The fourth-order valence-electron chi connectivity index (χ4n) is 4.02. The second-order valence-corrected chi connectivity index (χ2v) is 9.31. The highest BCUT2D eigenvalue weighted by atomic mass is 32.2. The van der Waals surface area contributed by atoms with Crippen molar-refractivity contribution in [1.29, 1.82) is 0 Å². The monoisotopic (exact) mass is 502 g/mol. The summed E-state index contributed by atoms with van der Waals surface area (Å²) >= 11 is -2.10. The Kier molecular flexibility index (Phi) is 8.37. The summed E-state index contributed by atoms with van der Waals surface area (Å²) in [4.78, 5) is 11.0. The van der Waals surface area contributed by atoms with Crippen LogP contribution in [0.25, 0.3) is 11.1 Å². The Bertz CT molecular complexity index is 1130. The molecule has 1 aliphatic heterocycles. The topological polar surface area (TPSA) is 87.6 Å². The first-order valence-electron chi connectivity index (χ1n) is 11.5. The molecule has 4 rings (SSSR count). The van der Waals surface area contributed by atoms with E-state index in [1.54, 1.807) is 24.3 Å². The van der Waals surface area contributed by atoms with E-state index in [1.807, 2.05) is 12.4 Å². The van der Waals surface area contributed by atoms with E-state index in [1.165, 1.54) is 12.1 Å². The van der Waals surface area contributed by atoms with Crippen LogP contribution in [-0.2, 0) is 24.2 Å². The highest BCUT2D eigenvalue weighted by Crippen LogP contribution is 2.30. The van der Waals surface area contributed by atoms with Crippen LogP contribution in [0.3, 0.4) is 0 Å². The Morgan fingerprint density at radius 2 is 1.69 bits per heavy atom. The second kappa shape index (κ2) is 11.7. The number of rotatable bonds is 9. The van der Waals surface area contributed by atoms with Gasteiger partial charge in [-0.3, -0.25) is 4.55 Å². The third-order valence-corrected chi connectivity index (χ3v) is 6.54. The summed E-state index contributed by atoms with van der Waals surface area (Å²) < 4.78 is 56.9. The lowest BCUT2D eigenvalue weighted by atomic mass is 9.98. The Labute approximate surface area is 206 Å². The van der Waals surface area contributed by atoms with Crippen molar-refractivity contribution in [1.82, 2.24) is 14.7 Å². The Hall–Kier alpha value is -2.95. The lowest BCUT2D eigenvalue weighted by Gasteiger charge is -2.31. The van der Waals surface area contributed by atoms with Crippen LogP contribution in [-0.4, -0.2) is 38.4 Å². The van der Waals surface area contributed by atoms with Crippen LogP contribution < -0.4 is 14.4 Å². The molecule has 10 heteroatoms. The first-order valence-corrected chi connectivity index (χ1v) is 12.6. The van der Waals surface area contributed by atoms with Crippen molar-refractivity contribution in [3.05, 3.63) is 71.6 Å². The van der Waals surface area contributed by atoms with Crippen LogP contribution in [0.2, 0.25) is 0 Å². The number of aromatic nitrogens is 2. The van der Waals surface area contributed by atoms with Gasteiger partial charge in [0, 0.05) is 32.0 Å². The molecule has 0 aliphatic carbocycles. The summed E-state index contributed by atoms with van der Waals surface area (Å²) in [6, 6.07) is 9.39. The van der Waals surface area contributed by atoms with Crippen molar-refractivity contribution in [3.8, 4) is 16.9 Å². The Balaban J connectivity index is 1.32. The summed E-state index contributed by atoms with van der Waals surface area (Å²) in [5.41, 5.74) is 2.88. The van der Waals surface area contributed by atoms with E-state index in [0.29, 0.717) is 17.1 Å². The van der Waals surface area contributed by atoms with Gasteiger partial charge in [0.15, 0.2) is 17.4 Å². The molecular formula is C25H28F2N4O3S. The number of halogens is 2. The van der Waals surface area contributed by atoms with Crippen molar-refractivity contribution >= 4 is 17.2 Å². The van der Waals surface area contributed by atoms with Crippen LogP contribution >= 0.6 is 0 Å². The van der Waals surface area contributed by atoms with Gasteiger partial charge in [-0.25, -0.2) is 27.7 Å². The molecule has 0 saturated carbocycles. The minimum atomic E-state index is -2.10. The normalized spacial score (nSPS) is 15.3. The fraction of sp³-hybridized carbons (Fsp3) is 0.360. The van der Waals surface area contributed by atoms with Gasteiger partial charge < -0.3 is 9.64 Å². The predicted octanol–water partition coefficient (Wildman–Crippen LogP) is 4.51. The third-order valence-electron chi connectivity index (χ3n) is 6.15. The number of nitrogens with one attached hydrogen (secondary N) is 1. The molecule has 1 atom stereocenters. The SMILES string of the molecule is CCc1cnc(N2CCC(COc3c(F)cc(-c4ccc(CNS(=O)O)cc4)cc3F)CC2)nc1. The van der Waals surface area contributed by atoms with Crippen LogP contribution in [0, 0.1) is 17.6 Å². The summed E-state index contributed by atoms with van der Waals surface area (Å²) in [5, 5.41) is 0. The van der Waals surface area contributed by atoms with E-state index in [2.05, 4.69) is 26.5 Å². The maximum atomic E-state index is 14.7. The van der Waals surface area contributed by atoms with Crippen LogP contribution in [0.1, 0.15) is 30.9 Å². The first-order chi connectivity index (χ1) is 16.9. The highest BCUT2D eigenvalue weighted by Gasteiger charge is 2.23. The largest absolute Gasteiger partial charge is 0.487 e. The minimum absolute atomic E-state index is 0.189. The van der Waals surface area contributed by atoms with Gasteiger partial charge >= 0.3 is 0 Å². The molecule has 1 unspecified atom stereocenters. The molecule has 7 nitrogen and oxygen atoms in total. The molecule has 3 aromatic rings. The van der Waals surface area contributed by atoms with Gasteiger partial charge in [-0.1, -0.05) is 31.2 Å². The highest BCUT2D eigenvalue weighted by molar-refractivity contribution is 7.77. The number of benzene rings is 2. The molecule has 35 heavy (non-hydrogen) atoms. The third kappa shape index (κ3) is 6.59. The predicted molar refractivity (Wildman–Crippen MR) is 131 cm³/mol. The summed E-state index contributed by atoms with van der Waals surface area (Å²) in [5.74, 6) is -0.955. The van der Waals surface area contributed by atoms with Crippen molar-refractivity contribution in [3.63, 3.8) is 0 Å². The molecule has 2 aromatic carbocycles. The minimum Gasteiger partial charge on any atom is -0.487 e. The zero-order valence-corrected chi connectivity index (χ0v) is 20.2. The van der Waals surface area contributed by atoms with Gasteiger partial charge in [-0.05, 0) is 59.6 Å². The van der Waals surface area contributed by atoms with Crippen molar-refractivity contribution in [2.75, 3.05) is 24.6 Å². The number of anilines is 1. The van der Waals surface area contributed by atoms with Gasteiger partial charge in [0.05, 0.1) is 6.61 Å². The second-order valence-electron chi connectivity index (χ2n) is 8.52. The average Bonchev–Trinajstić information content (AvgIpc) is 2.87. The Morgan fingerprint density at radius 1 is 1.06 bits per heavy atom. The van der Waals surface area contributed by atoms with Crippen molar-refractivity contribution in [2.24, 2.45) is 5.92 Å². The molecule has 1 saturated heterocycles. The van der Waals surface area contributed by atoms with E-state index < -0.39 is 22.9 Å². The van der Waals surface area contributed by atoms with E-state index in [0.717, 1.165) is 43.5 Å². The van der Waals surface area contributed by atoms with Gasteiger partial charge in [0.2, 0.25) is 17.2 Å². The molecule has 0 amide bonds. The standard InChI is InChI=1S/C25H28F2N4O3S/c1-2-17-13-28-25(29-14-17)31-9-7-19(8-10-31)16-34-24-22(26)11-21(12-23(24)27)20-5-3-18(4-6-20)15-30-35(32)33/h3-6,11-14,19,30H,2,7-10,15-16H2,1H3,(H,32,33). The number of nitrogens with zero attached hydrogens (tertiary/aromatic N) is 3. The van der Waals surface area contributed by atoms with Gasteiger partial charge in [-0.2, -0.15) is 0 Å². The van der Waals surface area contributed by atoms with Crippen LogP contribution in [0.15, 0.2) is 48.8 Å². The van der Waals surface area contributed by atoms with Gasteiger partial charge in [0.1, 0.15) is 0 Å². The zero-order chi connectivity index (χ0) is 24.8. The van der Waals surface area contributed by atoms with E-state index in [4.69, 9.17) is 9.29 Å². The molecule has 0 bridgehead atoms. The van der Waals surface area contributed by atoms with E-state index >= 15 is 0 Å². The smallest absolute Gasteiger partial charge is 0.232 e. The lowest BCUT2D eigenvalue weighted by molar-refractivity contribution is 0.207. The molecule has 1 aromatic heterocycles. The molecule has 1 aliphatic rings. The molecule has 2 heterocycles. The summed E-state index contributed by atoms with van der Waals surface area (Å²) in [6.45, 7) is 4.04. The maximum Gasteiger partial charge on any atom is 0.232 e. The number of piperidine rings is 1. The van der Waals surface area contributed by atoms with Crippen LogP contribution in [0.4, 0.5) is 14.7 Å². The Morgan fingerprint density at radius 3 is 2.26 bits per heavy atom. The first kappa shape index (κ1) is 25.2. The van der Waals surface area contributed by atoms with Crippen LogP contribution in [0.5, 0.6) is 5.75 Å². The molecule has 186 valence electrons. The van der Waals surface area contributed by atoms with Crippen molar-refractivity contribution < 1.29 is 22.3 Å². The summed E-state index contributed by atoms with van der Waals surface area (Å²) in [6.07, 6.45) is 6.24. The van der Waals surface area contributed by atoms with Crippen molar-refractivity contribution in [2.45, 2.75) is 32.7 Å². The zero-order valence-electron chi connectivity index (χ0n) is 19.4. The lowest BCUT2D eigenvalue weighted by Crippen LogP contribution is -2.36. The molecule has 2 N–H and O–H groups in total. The van der Waals surface area contributed by atoms with Gasteiger partial charge in [-0.15, -0.1) is 0 Å². The van der Waals surface area contributed by atoms with E-state index in [9.17, 15) is 13.0 Å². The summed E-state index contributed by atoms with van der Waals surface area (Å²) in [7, 11) is 0. The molecule has 0 spiro atoms. The number of hydrogen-bond donors (Lipinski definition) is 2. The maximum absolute atomic E-state index is 14.7. The fourth-order valence-corrected chi connectivity index (χ4v) is 4.31. The van der Waals surface area contributed by atoms with E-state index in [-0.39, 0.29) is 24.8 Å². The molecule has 0 radical (unpaired) electrons. The molecule has 1 fully saturated rings. The quantitative estimate of drug-likeness (QED) is 0.419. The average molecular weight is 503 g/mol. The number of ether oxygens (including phenoxy) is 1. The molecular weight excluding hydrogens is 474 g/mol. The van der Waals surface area contributed by atoms with Gasteiger partial charge in [0.25, 0.3) is 0 Å². The number of aryl methyl sites for hydroxylation is 1.